The number of aliphatic imine (C=N–C) groups is 1. The number of carboxylic acids is 1. The van der Waals surface area contributed by atoms with Gasteiger partial charge in [-0.05, 0) is 18.8 Å². The predicted molar refractivity (Wildman–Crippen MR) is 56.0 cm³/mol. The van der Waals surface area contributed by atoms with E-state index in [4.69, 9.17) is 9.84 Å². The molecule has 1 saturated carbocycles. The lowest BCUT2D eigenvalue weighted by atomic mass is 9.83. The van der Waals surface area contributed by atoms with Crippen molar-refractivity contribution in [1.82, 2.24) is 0 Å². The molecule has 1 aliphatic carbocycles. The van der Waals surface area contributed by atoms with Gasteiger partial charge in [0.25, 0.3) is 0 Å². The van der Waals surface area contributed by atoms with Crippen molar-refractivity contribution in [2.24, 2.45) is 10.9 Å². The van der Waals surface area contributed by atoms with E-state index in [1.54, 1.807) is 6.92 Å². The van der Waals surface area contributed by atoms with Crippen LogP contribution in [0.5, 0.6) is 0 Å². The summed E-state index contributed by atoms with van der Waals surface area (Å²) in [5, 5.41) is 9.05. The Labute approximate surface area is 89.3 Å². The van der Waals surface area contributed by atoms with Gasteiger partial charge in [-0.1, -0.05) is 19.3 Å². The Morgan fingerprint density at radius 1 is 1.40 bits per heavy atom. The van der Waals surface area contributed by atoms with Crippen LogP contribution in [-0.4, -0.2) is 29.1 Å². The minimum absolute atomic E-state index is 0.220. The molecule has 84 valence electrons. The first-order valence-electron chi connectivity index (χ1n) is 5.62. The Kier molecular flexibility index (Phi) is 2.93. The lowest BCUT2D eigenvalue weighted by Crippen LogP contribution is -2.37. The number of aliphatic carboxylic acids is 1. The number of ether oxygens (including phenoxy) is 1. The van der Waals surface area contributed by atoms with Gasteiger partial charge in [0.05, 0.1) is 0 Å². The van der Waals surface area contributed by atoms with E-state index >= 15 is 0 Å². The third kappa shape index (κ3) is 2.13. The molecule has 15 heavy (non-hydrogen) atoms. The minimum atomic E-state index is -0.859. The Balaban J connectivity index is 2.05. The van der Waals surface area contributed by atoms with Crippen LogP contribution < -0.4 is 0 Å². The molecule has 4 nitrogen and oxygen atoms in total. The molecule has 0 spiro atoms. The molecule has 1 aliphatic heterocycles. The zero-order chi connectivity index (χ0) is 10.8. The van der Waals surface area contributed by atoms with E-state index < -0.39 is 12.0 Å². The molecule has 4 heteroatoms. The number of rotatable bonds is 2. The van der Waals surface area contributed by atoms with Gasteiger partial charge in [-0.25, -0.2) is 9.79 Å². The zero-order valence-corrected chi connectivity index (χ0v) is 8.98. The predicted octanol–water partition coefficient (Wildman–Crippen LogP) is 1.84. The second-order valence-corrected chi connectivity index (χ2v) is 4.41. The standard InChI is InChI=1S/C11H17NO3/c1-7-12-9(11(13)14)10(15-7)8-5-3-2-4-6-8/h8-10H,2-6H2,1H3,(H,13,14). The molecule has 0 aromatic rings. The Hall–Kier alpha value is -1.06. The largest absolute Gasteiger partial charge is 0.480 e. The molecule has 1 heterocycles. The molecular weight excluding hydrogens is 194 g/mol. The van der Waals surface area contributed by atoms with Crippen LogP contribution in [0.2, 0.25) is 0 Å². The first kappa shape index (κ1) is 10.5. The van der Waals surface area contributed by atoms with Crippen LogP contribution in [0.3, 0.4) is 0 Å². The van der Waals surface area contributed by atoms with Crippen molar-refractivity contribution in [3.8, 4) is 0 Å². The molecule has 2 aliphatic rings. The Bertz CT molecular complexity index is 282. The fourth-order valence-corrected chi connectivity index (χ4v) is 2.57. The second kappa shape index (κ2) is 4.21. The third-order valence-electron chi connectivity index (χ3n) is 3.31. The molecule has 1 N–H and O–H groups in total. The maximum absolute atomic E-state index is 11.0. The summed E-state index contributed by atoms with van der Waals surface area (Å²) in [4.78, 5) is 15.1. The molecule has 2 atom stereocenters. The first-order chi connectivity index (χ1) is 7.18. The molecule has 0 aromatic heterocycles. The van der Waals surface area contributed by atoms with Crippen LogP contribution in [0, 0.1) is 5.92 Å². The number of carbonyl (C=O) groups is 1. The SMILES string of the molecule is CC1=NC(C(=O)O)C(C2CCCCC2)O1. The van der Waals surface area contributed by atoms with E-state index in [2.05, 4.69) is 4.99 Å². The van der Waals surface area contributed by atoms with Crippen molar-refractivity contribution >= 4 is 11.9 Å². The summed E-state index contributed by atoms with van der Waals surface area (Å²) in [5.41, 5.74) is 0. The van der Waals surface area contributed by atoms with Crippen LogP contribution in [-0.2, 0) is 9.53 Å². The van der Waals surface area contributed by atoms with Gasteiger partial charge in [0, 0.05) is 6.92 Å². The summed E-state index contributed by atoms with van der Waals surface area (Å²) in [6.07, 6.45) is 5.59. The summed E-state index contributed by atoms with van der Waals surface area (Å²) in [7, 11) is 0. The molecule has 0 amide bonds. The van der Waals surface area contributed by atoms with Gasteiger partial charge in [0.1, 0.15) is 6.10 Å². The maximum atomic E-state index is 11.0. The van der Waals surface area contributed by atoms with Gasteiger partial charge in [-0.3, -0.25) is 0 Å². The molecule has 0 bridgehead atoms. The van der Waals surface area contributed by atoms with E-state index in [1.165, 1.54) is 19.3 Å². The molecule has 0 aromatic carbocycles. The summed E-state index contributed by atoms with van der Waals surface area (Å²) in [6.45, 7) is 1.73. The topological polar surface area (TPSA) is 58.9 Å². The number of nitrogens with zero attached hydrogens (tertiary/aromatic N) is 1. The van der Waals surface area contributed by atoms with Crippen LogP contribution in [0.1, 0.15) is 39.0 Å². The molecule has 2 rings (SSSR count). The summed E-state index contributed by atoms with van der Waals surface area (Å²) < 4.78 is 5.54. The van der Waals surface area contributed by atoms with Crippen molar-refractivity contribution in [1.29, 1.82) is 0 Å². The fourth-order valence-electron chi connectivity index (χ4n) is 2.57. The maximum Gasteiger partial charge on any atom is 0.332 e. The fraction of sp³-hybridized carbons (Fsp3) is 0.818. The van der Waals surface area contributed by atoms with Crippen molar-refractivity contribution in [3.05, 3.63) is 0 Å². The molecule has 1 fully saturated rings. The van der Waals surface area contributed by atoms with Gasteiger partial charge in [-0.2, -0.15) is 0 Å². The van der Waals surface area contributed by atoms with Crippen molar-refractivity contribution in [2.45, 2.75) is 51.2 Å². The van der Waals surface area contributed by atoms with Crippen molar-refractivity contribution < 1.29 is 14.6 Å². The van der Waals surface area contributed by atoms with Crippen LogP contribution in [0.25, 0.3) is 0 Å². The molecule has 2 unspecified atom stereocenters. The number of hydrogen-bond acceptors (Lipinski definition) is 3. The van der Waals surface area contributed by atoms with E-state index in [0.717, 1.165) is 12.8 Å². The van der Waals surface area contributed by atoms with Gasteiger partial charge in [0.2, 0.25) is 0 Å². The second-order valence-electron chi connectivity index (χ2n) is 4.41. The van der Waals surface area contributed by atoms with Gasteiger partial charge in [-0.15, -0.1) is 0 Å². The molecular formula is C11H17NO3. The lowest BCUT2D eigenvalue weighted by Gasteiger charge is -2.28. The van der Waals surface area contributed by atoms with Crippen molar-refractivity contribution in [2.75, 3.05) is 0 Å². The smallest absolute Gasteiger partial charge is 0.332 e. The quantitative estimate of drug-likeness (QED) is 0.758. The van der Waals surface area contributed by atoms with Crippen LogP contribution in [0.4, 0.5) is 0 Å². The summed E-state index contributed by atoms with van der Waals surface area (Å²) in [6, 6.07) is -0.673. The highest BCUT2D eigenvalue weighted by molar-refractivity contribution is 5.84. The van der Waals surface area contributed by atoms with E-state index in [0.29, 0.717) is 11.8 Å². The van der Waals surface area contributed by atoms with Gasteiger partial charge < -0.3 is 9.84 Å². The highest BCUT2D eigenvalue weighted by Crippen LogP contribution is 2.32. The highest BCUT2D eigenvalue weighted by atomic mass is 16.5. The van der Waals surface area contributed by atoms with E-state index in [1.807, 2.05) is 0 Å². The van der Waals surface area contributed by atoms with Gasteiger partial charge in [0.15, 0.2) is 11.9 Å². The summed E-state index contributed by atoms with van der Waals surface area (Å²) >= 11 is 0. The Morgan fingerprint density at radius 2 is 2.07 bits per heavy atom. The normalized spacial score (nSPS) is 32.2. The van der Waals surface area contributed by atoms with Crippen molar-refractivity contribution in [3.63, 3.8) is 0 Å². The van der Waals surface area contributed by atoms with Crippen LogP contribution >= 0.6 is 0 Å². The molecule has 0 radical (unpaired) electrons. The monoisotopic (exact) mass is 211 g/mol. The first-order valence-corrected chi connectivity index (χ1v) is 5.62. The van der Waals surface area contributed by atoms with Gasteiger partial charge >= 0.3 is 5.97 Å². The third-order valence-corrected chi connectivity index (χ3v) is 3.31. The van der Waals surface area contributed by atoms with E-state index in [9.17, 15) is 4.79 Å². The Morgan fingerprint density at radius 3 is 2.67 bits per heavy atom. The van der Waals surface area contributed by atoms with E-state index in [-0.39, 0.29) is 6.10 Å². The average molecular weight is 211 g/mol. The van der Waals surface area contributed by atoms with Crippen LogP contribution in [0.15, 0.2) is 4.99 Å². The summed E-state index contributed by atoms with van der Waals surface area (Å²) in [5.74, 6) is 0.0430. The lowest BCUT2D eigenvalue weighted by molar-refractivity contribution is -0.140. The zero-order valence-electron chi connectivity index (χ0n) is 8.98. The number of hydrogen-bond donors (Lipinski definition) is 1. The number of carboxylic acid groups (broad SMARTS) is 1. The average Bonchev–Trinajstić information content (AvgIpc) is 2.62. The highest BCUT2D eigenvalue weighted by Gasteiger charge is 2.40. The molecule has 0 saturated heterocycles. The minimum Gasteiger partial charge on any atom is -0.480 e.